The van der Waals surface area contributed by atoms with Gasteiger partial charge in [-0.1, -0.05) is 6.92 Å². The number of nitrogens with zero attached hydrogens (tertiary/aromatic N) is 1. The van der Waals surface area contributed by atoms with Crippen molar-refractivity contribution in [2.24, 2.45) is 11.7 Å². The molecule has 0 spiro atoms. The number of rotatable bonds is 1. The summed E-state index contributed by atoms with van der Waals surface area (Å²) in [5.41, 5.74) is 8.56. The molecular formula is C16H21N3O2. The van der Waals surface area contributed by atoms with Crippen molar-refractivity contribution in [1.29, 1.82) is 0 Å². The maximum Gasteiger partial charge on any atom is 0.253 e. The predicted octanol–water partition coefficient (Wildman–Crippen LogP) is 1.38. The number of aryl methyl sites for hydroxylation is 1. The van der Waals surface area contributed by atoms with Crippen molar-refractivity contribution in [3.8, 4) is 0 Å². The Hall–Kier alpha value is -1.88. The first-order valence-corrected chi connectivity index (χ1v) is 7.50. The predicted molar refractivity (Wildman–Crippen MR) is 81.1 cm³/mol. The normalized spacial score (nSPS) is 25.2. The average Bonchev–Trinajstić information content (AvgIpc) is 2.45. The number of nitrogens with one attached hydrogen (secondary N) is 1. The van der Waals surface area contributed by atoms with E-state index in [0.29, 0.717) is 30.9 Å². The Kier molecular flexibility index (Phi) is 3.68. The Morgan fingerprint density at radius 3 is 2.90 bits per heavy atom. The fraction of sp³-hybridized carbons (Fsp3) is 0.500. The zero-order valence-corrected chi connectivity index (χ0v) is 12.3. The quantitative estimate of drug-likeness (QED) is 0.819. The molecule has 2 heterocycles. The fourth-order valence-corrected chi connectivity index (χ4v) is 3.26. The van der Waals surface area contributed by atoms with E-state index >= 15 is 0 Å². The van der Waals surface area contributed by atoms with Crippen LogP contribution >= 0.6 is 0 Å². The molecular weight excluding hydrogens is 266 g/mol. The van der Waals surface area contributed by atoms with Crippen LogP contribution in [0.25, 0.3) is 0 Å². The van der Waals surface area contributed by atoms with E-state index in [9.17, 15) is 9.59 Å². The summed E-state index contributed by atoms with van der Waals surface area (Å²) in [6, 6.07) is 5.58. The molecule has 0 aliphatic carbocycles. The summed E-state index contributed by atoms with van der Waals surface area (Å²) in [6.45, 7) is 3.51. The maximum absolute atomic E-state index is 12.6. The van der Waals surface area contributed by atoms with E-state index in [1.165, 1.54) is 0 Å². The molecule has 0 aromatic heterocycles. The van der Waals surface area contributed by atoms with Gasteiger partial charge in [0.05, 0.1) is 0 Å². The lowest BCUT2D eigenvalue weighted by atomic mass is 9.95. The molecule has 2 amide bonds. The number of benzene rings is 1. The van der Waals surface area contributed by atoms with Gasteiger partial charge in [0.2, 0.25) is 5.91 Å². The Morgan fingerprint density at radius 1 is 1.33 bits per heavy atom. The van der Waals surface area contributed by atoms with Crippen LogP contribution in [-0.2, 0) is 11.2 Å². The Labute approximate surface area is 124 Å². The summed E-state index contributed by atoms with van der Waals surface area (Å²) >= 11 is 0. The second-order valence-electron chi connectivity index (χ2n) is 6.23. The van der Waals surface area contributed by atoms with Crippen LogP contribution in [0.5, 0.6) is 0 Å². The van der Waals surface area contributed by atoms with Gasteiger partial charge in [0, 0.05) is 36.8 Å². The smallest absolute Gasteiger partial charge is 0.253 e. The van der Waals surface area contributed by atoms with Gasteiger partial charge in [-0.05, 0) is 42.5 Å². The van der Waals surface area contributed by atoms with Crippen LogP contribution in [0.2, 0.25) is 0 Å². The minimum absolute atomic E-state index is 0.0386. The summed E-state index contributed by atoms with van der Waals surface area (Å²) in [7, 11) is 0. The highest BCUT2D eigenvalue weighted by molar-refractivity contribution is 5.98. The largest absolute Gasteiger partial charge is 0.337 e. The van der Waals surface area contributed by atoms with E-state index in [2.05, 4.69) is 12.2 Å². The molecule has 0 radical (unpaired) electrons. The van der Waals surface area contributed by atoms with Crippen LogP contribution in [0.1, 0.15) is 35.7 Å². The zero-order valence-electron chi connectivity index (χ0n) is 12.3. The first-order chi connectivity index (χ1) is 10.0. The highest BCUT2D eigenvalue weighted by Crippen LogP contribution is 2.25. The van der Waals surface area contributed by atoms with E-state index in [0.717, 1.165) is 24.2 Å². The lowest BCUT2D eigenvalue weighted by Crippen LogP contribution is -2.48. The number of carbonyl (C=O) groups excluding carboxylic acids is 2. The lowest BCUT2D eigenvalue weighted by molar-refractivity contribution is -0.116. The molecule has 1 aromatic rings. The van der Waals surface area contributed by atoms with Crippen LogP contribution < -0.4 is 11.1 Å². The first-order valence-electron chi connectivity index (χ1n) is 7.50. The van der Waals surface area contributed by atoms with Crippen LogP contribution in [0.3, 0.4) is 0 Å². The van der Waals surface area contributed by atoms with Crippen molar-refractivity contribution < 1.29 is 9.59 Å². The molecule has 1 fully saturated rings. The van der Waals surface area contributed by atoms with Gasteiger partial charge >= 0.3 is 0 Å². The van der Waals surface area contributed by atoms with Gasteiger partial charge in [-0.2, -0.15) is 0 Å². The zero-order chi connectivity index (χ0) is 15.0. The van der Waals surface area contributed by atoms with E-state index < -0.39 is 0 Å². The van der Waals surface area contributed by atoms with Gasteiger partial charge in [-0.3, -0.25) is 9.59 Å². The van der Waals surface area contributed by atoms with Gasteiger partial charge in [0.1, 0.15) is 0 Å². The molecule has 1 saturated heterocycles. The topological polar surface area (TPSA) is 75.4 Å². The van der Waals surface area contributed by atoms with Gasteiger partial charge in [-0.15, -0.1) is 0 Å². The summed E-state index contributed by atoms with van der Waals surface area (Å²) in [5, 5.41) is 2.84. The van der Waals surface area contributed by atoms with Crippen LogP contribution in [0.4, 0.5) is 5.69 Å². The van der Waals surface area contributed by atoms with Gasteiger partial charge in [0.25, 0.3) is 5.91 Å². The molecule has 0 saturated carbocycles. The number of hydrogen-bond donors (Lipinski definition) is 2. The minimum atomic E-state index is 0.0386. The average molecular weight is 287 g/mol. The molecule has 2 aliphatic heterocycles. The number of hydrogen-bond acceptors (Lipinski definition) is 3. The molecule has 112 valence electrons. The van der Waals surface area contributed by atoms with Gasteiger partial charge in [0.15, 0.2) is 0 Å². The van der Waals surface area contributed by atoms with Crippen molar-refractivity contribution in [2.45, 2.75) is 32.2 Å². The Balaban J connectivity index is 1.80. The van der Waals surface area contributed by atoms with Crippen LogP contribution in [-0.4, -0.2) is 35.8 Å². The van der Waals surface area contributed by atoms with E-state index in [4.69, 9.17) is 5.73 Å². The minimum Gasteiger partial charge on any atom is -0.337 e. The molecule has 2 atom stereocenters. The van der Waals surface area contributed by atoms with Crippen LogP contribution in [0, 0.1) is 5.92 Å². The molecule has 0 bridgehead atoms. The molecule has 21 heavy (non-hydrogen) atoms. The highest BCUT2D eigenvalue weighted by atomic mass is 16.2. The van der Waals surface area contributed by atoms with E-state index in [-0.39, 0.29) is 17.9 Å². The molecule has 2 unspecified atom stereocenters. The summed E-state index contributed by atoms with van der Waals surface area (Å²) in [6.07, 6.45) is 2.15. The summed E-state index contributed by atoms with van der Waals surface area (Å²) in [5.74, 6) is 0.517. The van der Waals surface area contributed by atoms with Crippen molar-refractivity contribution in [3.63, 3.8) is 0 Å². The number of nitrogens with two attached hydrogens (primary N) is 1. The second-order valence-corrected chi connectivity index (χ2v) is 6.23. The van der Waals surface area contributed by atoms with E-state index in [1.807, 2.05) is 17.0 Å². The van der Waals surface area contributed by atoms with Crippen LogP contribution in [0.15, 0.2) is 18.2 Å². The van der Waals surface area contributed by atoms with Crippen molar-refractivity contribution in [3.05, 3.63) is 29.3 Å². The monoisotopic (exact) mass is 287 g/mol. The summed E-state index contributed by atoms with van der Waals surface area (Å²) < 4.78 is 0. The molecule has 3 N–H and O–H groups in total. The first kappa shape index (κ1) is 14.1. The van der Waals surface area contributed by atoms with Crippen molar-refractivity contribution in [1.82, 2.24) is 4.90 Å². The molecule has 5 heteroatoms. The van der Waals surface area contributed by atoms with E-state index in [1.54, 1.807) is 6.07 Å². The Bertz CT molecular complexity index is 575. The third-order valence-corrected chi connectivity index (χ3v) is 4.23. The number of carbonyl (C=O) groups is 2. The standard InChI is InChI=1S/C16H21N3O2/c1-10-6-13(17)9-19(8-10)16(21)12-2-4-14-11(7-12)3-5-15(20)18-14/h2,4,7,10,13H,3,5-6,8-9,17H2,1H3,(H,18,20). The second kappa shape index (κ2) is 5.48. The van der Waals surface area contributed by atoms with Crippen molar-refractivity contribution >= 4 is 17.5 Å². The summed E-state index contributed by atoms with van der Waals surface area (Å²) in [4.78, 5) is 25.8. The SMILES string of the molecule is CC1CC(N)CN(C(=O)c2ccc3c(c2)CCC(=O)N3)C1. The number of fused-ring (bicyclic) bond motifs is 1. The van der Waals surface area contributed by atoms with Crippen molar-refractivity contribution in [2.75, 3.05) is 18.4 Å². The fourth-order valence-electron chi connectivity index (χ4n) is 3.26. The number of piperidine rings is 1. The Morgan fingerprint density at radius 2 is 2.14 bits per heavy atom. The third-order valence-electron chi connectivity index (χ3n) is 4.23. The van der Waals surface area contributed by atoms with Gasteiger partial charge < -0.3 is 16.0 Å². The lowest BCUT2D eigenvalue weighted by Gasteiger charge is -2.35. The maximum atomic E-state index is 12.6. The third kappa shape index (κ3) is 2.93. The number of likely N-dealkylation sites (tertiary alicyclic amines) is 1. The van der Waals surface area contributed by atoms with Gasteiger partial charge in [-0.25, -0.2) is 0 Å². The number of anilines is 1. The molecule has 3 rings (SSSR count). The number of amides is 2. The molecule has 2 aliphatic rings. The molecule has 5 nitrogen and oxygen atoms in total. The highest BCUT2D eigenvalue weighted by Gasteiger charge is 2.27. The molecule has 1 aromatic carbocycles.